The average molecular weight is 500 g/mol. The molecule has 131 valence electrons. The standard InChI is InChI=1S/C21H38P.Hf/c1-13-17(22(19(5,6)7)20(8,9)10)18-15(3)14(2)16(4)21(18,11)12;/h13,17H,1-12H3;. The molecule has 0 heterocycles. The van der Waals surface area contributed by atoms with Crippen LogP contribution in [0.4, 0.5) is 0 Å². The second kappa shape index (κ2) is 6.83. The Labute approximate surface area is 162 Å². The summed E-state index contributed by atoms with van der Waals surface area (Å²) in [7, 11) is -0.130. The Morgan fingerprint density at radius 1 is 0.870 bits per heavy atom. The molecule has 2 heteroatoms. The zero-order chi connectivity index (χ0) is 18.5. The Morgan fingerprint density at radius 3 is 1.48 bits per heavy atom. The van der Waals surface area contributed by atoms with Gasteiger partial charge in [-0.25, -0.2) is 0 Å². The van der Waals surface area contributed by atoms with Crippen molar-refractivity contribution in [2.45, 2.75) is 103 Å². The second-order valence-electron chi connectivity index (χ2n) is 9.86. The van der Waals surface area contributed by atoms with Crippen molar-refractivity contribution < 1.29 is 24.4 Å². The first-order chi connectivity index (χ1) is 10.0. The van der Waals surface area contributed by atoms with Crippen LogP contribution in [0.2, 0.25) is 3.67 Å². The summed E-state index contributed by atoms with van der Waals surface area (Å²) in [4.78, 5) is 0. The minimum absolute atomic E-state index is 0.130. The fourth-order valence-corrected chi connectivity index (χ4v) is 11.8. The SMILES string of the molecule is CC1=C(C)C(C)(C)C(C([CH](C)[Hf])P(C(C)(C)C)C(C)(C)C)=C1C. The molecule has 0 N–H and O–H groups in total. The fourth-order valence-electron chi connectivity index (χ4n) is 4.66. The maximum absolute atomic E-state index is 2.50. The third-order valence-corrected chi connectivity index (χ3v) is 12.0. The molecule has 1 aliphatic carbocycles. The molecule has 1 aliphatic rings. The summed E-state index contributed by atoms with van der Waals surface area (Å²) in [5.41, 5.74) is 7.49. The van der Waals surface area contributed by atoms with E-state index >= 15 is 0 Å². The van der Waals surface area contributed by atoms with Crippen LogP contribution in [-0.2, 0) is 24.4 Å². The zero-order valence-electron chi connectivity index (χ0n) is 17.6. The molecule has 0 spiro atoms. The third kappa shape index (κ3) is 4.13. The molecular weight excluding hydrogens is 462 g/mol. The summed E-state index contributed by atoms with van der Waals surface area (Å²) in [6, 6.07) is 0. The van der Waals surface area contributed by atoms with Crippen molar-refractivity contribution in [2.75, 3.05) is 0 Å². The second-order valence-corrected chi connectivity index (χ2v) is 17.1. The van der Waals surface area contributed by atoms with Gasteiger partial charge < -0.3 is 0 Å². The summed E-state index contributed by atoms with van der Waals surface area (Å²) in [6.07, 6.45) is 0. The molecule has 0 radical (unpaired) electrons. The molecule has 1 rings (SSSR count). The Morgan fingerprint density at radius 2 is 1.26 bits per heavy atom. The molecule has 0 saturated heterocycles. The predicted molar refractivity (Wildman–Crippen MR) is 104 cm³/mol. The maximum atomic E-state index is 2.50. The van der Waals surface area contributed by atoms with E-state index in [1.165, 1.54) is 24.4 Å². The molecule has 0 bridgehead atoms. The summed E-state index contributed by atoms with van der Waals surface area (Å²) in [5, 5.41) is 0.759. The molecule has 0 fully saturated rings. The van der Waals surface area contributed by atoms with Crippen molar-refractivity contribution in [1.82, 2.24) is 0 Å². The fraction of sp³-hybridized carbons (Fsp3) is 0.810. The van der Waals surface area contributed by atoms with Gasteiger partial charge in [-0.05, 0) is 0 Å². The Bertz CT molecular complexity index is 507. The van der Waals surface area contributed by atoms with Gasteiger partial charge in [0.1, 0.15) is 0 Å². The van der Waals surface area contributed by atoms with Gasteiger partial charge in [-0.2, -0.15) is 0 Å². The van der Waals surface area contributed by atoms with E-state index in [0.29, 0.717) is 10.3 Å². The van der Waals surface area contributed by atoms with Gasteiger partial charge in [0.2, 0.25) is 0 Å². The van der Waals surface area contributed by atoms with Crippen LogP contribution < -0.4 is 0 Å². The van der Waals surface area contributed by atoms with Gasteiger partial charge in [-0.15, -0.1) is 0 Å². The number of rotatable bonds is 3. The molecule has 2 atom stereocenters. The van der Waals surface area contributed by atoms with Gasteiger partial charge >= 0.3 is 163 Å². The number of allylic oxidation sites excluding steroid dienone is 4. The molecule has 0 aromatic rings. The summed E-state index contributed by atoms with van der Waals surface area (Å²) in [5.74, 6) is 0. The van der Waals surface area contributed by atoms with E-state index in [1.54, 1.807) is 22.3 Å². The van der Waals surface area contributed by atoms with Crippen molar-refractivity contribution in [1.29, 1.82) is 0 Å². The van der Waals surface area contributed by atoms with Crippen molar-refractivity contribution in [3.63, 3.8) is 0 Å². The first-order valence-electron chi connectivity index (χ1n) is 8.94. The molecule has 0 saturated carbocycles. The summed E-state index contributed by atoms with van der Waals surface area (Å²) in [6.45, 7) is 29.4. The van der Waals surface area contributed by atoms with Crippen molar-refractivity contribution in [3.8, 4) is 0 Å². The van der Waals surface area contributed by atoms with Gasteiger partial charge in [0, 0.05) is 0 Å². The van der Waals surface area contributed by atoms with Crippen molar-refractivity contribution in [3.05, 3.63) is 22.3 Å². The Kier molecular flexibility index (Phi) is 6.48. The third-order valence-electron chi connectivity index (χ3n) is 5.63. The summed E-state index contributed by atoms with van der Waals surface area (Å²) < 4.78 is 0.822. The molecule has 0 aromatic heterocycles. The molecule has 0 aliphatic heterocycles. The van der Waals surface area contributed by atoms with Crippen LogP contribution in [0.15, 0.2) is 22.3 Å². The van der Waals surface area contributed by atoms with Crippen LogP contribution in [0.1, 0.15) is 83.1 Å². The first-order valence-corrected chi connectivity index (χ1v) is 12.4. The average Bonchev–Trinajstić information content (AvgIpc) is 2.44. The van der Waals surface area contributed by atoms with Gasteiger partial charge in [0.25, 0.3) is 0 Å². The molecular formula is C21H38HfP. The molecule has 23 heavy (non-hydrogen) atoms. The van der Waals surface area contributed by atoms with Gasteiger partial charge in [-0.1, -0.05) is 0 Å². The van der Waals surface area contributed by atoms with E-state index in [1.807, 2.05) is 0 Å². The van der Waals surface area contributed by atoms with E-state index in [2.05, 4.69) is 83.1 Å². The summed E-state index contributed by atoms with van der Waals surface area (Å²) >= 11 is 1.27. The molecule has 0 nitrogen and oxygen atoms in total. The van der Waals surface area contributed by atoms with Crippen LogP contribution in [0, 0.1) is 5.41 Å². The van der Waals surface area contributed by atoms with E-state index in [-0.39, 0.29) is 13.3 Å². The van der Waals surface area contributed by atoms with Crippen LogP contribution in [0.5, 0.6) is 0 Å². The van der Waals surface area contributed by atoms with E-state index in [9.17, 15) is 0 Å². The van der Waals surface area contributed by atoms with E-state index < -0.39 is 0 Å². The molecule has 2 unspecified atom stereocenters. The van der Waals surface area contributed by atoms with Crippen molar-refractivity contribution >= 4 is 7.92 Å². The van der Waals surface area contributed by atoms with Crippen molar-refractivity contribution in [2.24, 2.45) is 5.41 Å². The quantitative estimate of drug-likeness (QED) is 0.279. The molecule has 0 aromatic carbocycles. The van der Waals surface area contributed by atoms with Crippen LogP contribution in [-0.4, -0.2) is 16.0 Å². The zero-order valence-corrected chi connectivity index (χ0v) is 22.1. The topological polar surface area (TPSA) is 0 Å². The first kappa shape index (κ1) is 21.8. The predicted octanol–water partition coefficient (Wildman–Crippen LogP) is 7.48. The Hall–Kier alpha value is 0.780. The van der Waals surface area contributed by atoms with E-state index in [0.717, 1.165) is 9.33 Å². The van der Waals surface area contributed by atoms with Gasteiger partial charge in [0.05, 0.1) is 0 Å². The van der Waals surface area contributed by atoms with Crippen LogP contribution in [0.3, 0.4) is 0 Å². The monoisotopic (exact) mass is 501 g/mol. The molecule has 0 amide bonds. The number of hydrogen-bond acceptors (Lipinski definition) is 0. The number of hydrogen-bond donors (Lipinski definition) is 0. The van der Waals surface area contributed by atoms with Gasteiger partial charge in [0.15, 0.2) is 0 Å². The van der Waals surface area contributed by atoms with Gasteiger partial charge in [-0.3, -0.25) is 0 Å². The van der Waals surface area contributed by atoms with E-state index in [4.69, 9.17) is 0 Å². The minimum atomic E-state index is -0.130. The van der Waals surface area contributed by atoms with Crippen LogP contribution in [0.25, 0.3) is 0 Å². The Balaban J connectivity index is 3.62. The normalized spacial score (nSPS) is 22.1. The van der Waals surface area contributed by atoms with Crippen LogP contribution >= 0.6 is 7.92 Å².